The molecule has 2 unspecified atom stereocenters. The van der Waals surface area contributed by atoms with E-state index in [0.717, 1.165) is 12.5 Å². The topological polar surface area (TPSA) is 12.0 Å². The van der Waals surface area contributed by atoms with Gasteiger partial charge in [0.25, 0.3) is 0 Å². The van der Waals surface area contributed by atoms with Crippen molar-refractivity contribution in [2.75, 3.05) is 6.54 Å². The third kappa shape index (κ3) is 2.53. The molecular formula is C19H31N. The van der Waals surface area contributed by atoms with Crippen molar-refractivity contribution in [3.8, 4) is 0 Å². The maximum Gasteiger partial charge on any atom is 0.0135 e. The van der Waals surface area contributed by atoms with Gasteiger partial charge in [-0.2, -0.15) is 0 Å². The maximum atomic E-state index is 3.79. The van der Waals surface area contributed by atoms with Gasteiger partial charge < -0.3 is 5.32 Å². The third-order valence-electron chi connectivity index (χ3n) is 5.75. The first kappa shape index (κ1) is 15.6. The molecule has 1 nitrogen and oxygen atoms in total. The molecule has 1 N–H and O–H groups in total. The second kappa shape index (κ2) is 6.30. The highest BCUT2D eigenvalue weighted by molar-refractivity contribution is 5.35. The van der Waals surface area contributed by atoms with E-state index in [1.165, 1.54) is 36.8 Å². The molecule has 0 saturated heterocycles. The lowest BCUT2D eigenvalue weighted by Crippen LogP contribution is -2.58. The van der Waals surface area contributed by atoms with Crippen LogP contribution < -0.4 is 5.32 Å². The van der Waals surface area contributed by atoms with Gasteiger partial charge in [-0.1, -0.05) is 39.0 Å². The highest BCUT2D eigenvalue weighted by Gasteiger charge is 2.52. The number of aryl methyl sites for hydroxylation is 2. The lowest BCUT2D eigenvalue weighted by Gasteiger charge is -2.57. The van der Waals surface area contributed by atoms with Gasteiger partial charge in [-0.25, -0.2) is 0 Å². The Balaban J connectivity index is 2.21. The van der Waals surface area contributed by atoms with Crippen molar-refractivity contribution in [2.24, 2.45) is 5.41 Å². The Morgan fingerprint density at radius 2 is 1.80 bits per heavy atom. The van der Waals surface area contributed by atoms with Crippen molar-refractivity contribution in [1.29, 1.82) is 0 Å². The number of rotatable bonds is 6. The van der Waals surface area contributed by atoms with Crippen LogP contribution in [-0.4, -0.2) is 12.6 Å². The van der Waals surface area contributed by atoms with E-state index in [1.807, 2.05) is 0 Å². The second-order valence-electron chi connectivity index (χ2n) is 6.58. The van der Waals surface area contributed by atoms with Crippen LogP contribution in [0.5, 0.6) is 0 Å². The molecule has 0 aromatic heterocycles. The van der Waals surface area contributed by atoms with Crippen LogP contribution in [0.2, 0.25) is 0 Å². The summed E-state index contributed by atoms with van der Waals surface area (Å²) in [5, 5.41) is 3.79. The first-order chi connectivity index (χ1) is 9.58. The summed E-state index contributed by atoms with van der Waals surface area (Å²) in [5.74, 6) is 0.742. The van der Waals surface area contributed by atoms with Crippen molar-refractivity contribution in [3.05, 3.63) is 34.9 Å². The predicted octanol–water partition coefficient (Wildman–Crippen LogP) is 4.97. The van der Waals surface area contributed by atoms with Crippen LogP contribution >= 0.6 is 0 Å². The molecule has 1 aliphatic carbocycles. The summed E-state index contributed by atoms with van der Waals surface area (Å²) in [5.41, 5.74) is 4.88. The molecule has 1 fully saturated rings. The van der Waals surface area contributed by atoms with E-state index in [1.54, 1.807) is 5.56 Å². The minimum absolute atomic E-state index is 0.469. The zero-order valence-corrected chi connectivity index (χ0v) is 13.9. The molecule has 0 amide bonds. The molecule has 0 aliphatic heterocycles. The Morgan fingerprint density at radius 3 is 2.35 bits per heavy atom. The van der Waals surface area contributed by atoms with Crippen LogP contribution in [0.4, 0.5) is 0 Å². The SMILES string of the molecule is CCCNC1CC(c2ccc(C)c(C)c2)C1(CC)CC. The maximum absolute atomic E-state index is 3.79. The second-order valence-corrected chi connectivity index (χ2v) is 6.58. The number of benzene rings is 1. The highest BCUT2D eigenvalue weighted by Crippen LogP contribution is 2.57. The first-order valence-corrected chi connectivity index (χ1v) is 8.39. The Labute approximate surface area is 125 Å². The average Bonchev–Trinajstić information content (AvgIpc) is 2.43. The minimum Gasteiger partial charge on any atom is -0.313 e. The van der Waals surface area contributed by atoms with Gasteiger partial charge in [0.05, 0.1) is 0 Å². The molecule has 0 bridgehead atoms. The van der Waals surface area contributed by atoms with Gasteiger partial charge in [0.1, 0.15) is 0 Å². The van der Waals surface area contributed by atoms with Gasteiger partial charge in [-0.15, -0.1) is 0 Å². The smallest absolute Gasteiger partial charge is 0.0135 e. The zero-order valence-electron chi connectivity index (χ0n) is 13.9. The molecule has 2 rings (SSSR count). The standard InChI is InChI=1S/C19H31N/c1-6-11-20-18-13-17(19(18,7-2)8-3)16-10-9-14(4)15(5)12-16/h9-10,12,17-18,20H,6-8,11,13H2,1-5H3. The van der Waals surface area contributed by atoms with Crippen LogP contribution in [-0.2, 0) is 0 Å². The predicted molar refractivity (Wildman–Crippen MR) is 88.4 cm³/mol. The van der Waals surface area contributed by atoms with Crippen LogP contribution in [0.3, 0.4) is 0 Å². The molecule has 1 saturated carbocycles. The van der Waals surface area contributed by atoms with Crippen LogP contribution in [0.1, 0.15) is 69.1 Å². The monoisotopic (exact) mass is 273 g/mol. The summed E-state index contributed by atoms with van der Waals surface area (Å²) in [7, 11) is 0. The van der Waals surface area contributed by atoms with E-state index in [0.29, 0.717) is 11.5 Å². The summed E-state index contributed by atoms with van der Waals surface area (Å²) >= 11 is 0. The minimum atomic E-state index is 0.469. The molecular weight excluding hydrogens is 242 g/mol. The molecule has 0 heterocycles. The summed E-state index contributed by atoms with van der Waals surface area (Å²) in [6.07, 6.45) is 5.10. The van der Waals surface area contributed by atoms with E-state index in [4.69, 9.17) is 0 Å². The molecule has 2 atom stereocenters. The van der Waals surface area contributed by atoms with E-state index < -0.39 is 0 Å². The van der Waals surface area contributed by atoms with Gasteiger partial charge in [-0.05, 0) is 74.1 Å². The quantitative estimate of drug-likeness (QED) is 0.772. The normalized spacial score (nSPS) is 24.4. The molecule has 0 spiro atoms. The lowest BCUT2D eigenvalue weighted by molar-refractivity contribution is 0.0201. The number of nitrogens with one attached hydrogen (secondary N) is 1. The van der Waals surface area contributed by atoms with Crippen molar-refractivity contribution in [1.82, 2.24) is 5.32 Å². The van der Waals surface area contributed by atoms with E-state index in [-0.39, 0.29) is 0 Å². The lowest BCUT2D eigenvalue weighted by atomic mass is 9.51. The van der Waals surface area contributed by atoms with Gasteiger partial charge in [0, 0.05) is 6.04 Å². The molecule has 20 heavy (non-hydrogen) atoms. The molecule has 112 valence electrons. The van der Waals surface area contributed by atoms with Crippen LogP contribution in [0.25, 0.3) is 0 Å². The van der Waals surface area contributed by atoms with Crippen molar-refractivity contribution in [3.63, 3.8) is 0 Å². The summed E-state index contributed by atoms with van der Waals surface area (Å²) in [6.45, 7) is 12.6. The van der Waals surface area contributed by atoms with E-state index >= 15 is 0 Å². The molecule has 1 aliphatic rings. The largest absolute Gasteiger partial charge is 0.313 e. The van der Waals surface area contributed by atoms with Crippen LogP contribution in [0, 0.1) is 19.3 Å². The molecule has 1 aromatic rings. The fourth-order valence-electron chi connectivity index (χ4n) is 4.08. The Morgan fingerprint density at radius 1 is 1.10 bits per heavy atom. The highest BCUT2D eigenvalue weighted by atomic mass is 15.0. The molecule has 1 aromatic carbocycles. The Hall–Kier alpha value is -0.820. The molecule has 0 radical (unpaired) electrons. The number of hydrogen-bond acceptors (Lipinski definition) is 1. The summed E-state index contributed by atoms with van der Waals surface area (Å²) in [6, 6.07) is 7.80. The van der Waals surface area contributed by atoms with Gasteiger partial charge in [0.15, 0.2) is 0 Å². The van der Waals surface area contributed by atoms with Crippen molar-refractivity contribution in [2.45, 2.75) is 72.3 Å². The summed E-state index contributed by atoms with van der Waals surface area (Å²) < 4.78 is 0. The third-order valence-corrected chi connectivity index (χ3v) is 5.75. The Bertz CT molecular complexity index is 445. The van der Waals surface area contributed by atoms with E-state index in [2.05, 4.69) is 58.1 Å². The van der Waals surface area contributed by atoms with Crippen LogP contribution in [0.15, 0.2) is 18.2 Å². The van der Waals surface area contributed by atoms with Gasteiger partial charge in [0.2, 0.25) is 0 Å². The fourth-order valence-corrected chi connectivity index (χ4v) is 4.08. The fraction of sp³-hybridized carbons (Fsp3) is 0.684. The van der Waals surface area contributed by atoms with Crippen molar-refractivity contribution < 1.29 is 0 Å². The Kier molecular flexibility index (Phi) is 4.90. The van der Waals surface area contributed by atoms with Crippen molar-refractivity contribution >= 4 is 0 Å². The number of hydrogen-bond donors (Lipinski definition) is 1. The summed E-state index contributed by atoms with van der Waals surface area (Å²) in [4.78, 5) is 0. The average molecular weight is 273 g/mol. The molecule has 1 heteroatoms. The zero-order chi connectivity index (χ0) is 14.8. The van der Waals surface area contributed by atoms with Gasteiger partial charge in [-0.3, -0.25) is 0 Å². The van der Waals surface area contributed by atoms with Gasteiger partial charge >= 0.3 is 0 Å². The van der Waals surface area contributed by atoms with E-state index in [9.17, 15) is 0 Å². The first-order valence-electron chi connectivity index (χ1n) is 8.39.